The van der Waals surface area contributed by atoms with Crippen LogP contribution in [0.15, 0.2) is 48.9 Å². The predicted molar refractivity (Wildman–Crippen MR) is 191 cm³/mol. The van der Waals surface area contributed by atoms with Crippen LogP contribution in [0.1, 0.15) is 12.8 Å². The van der Waals surface area contributed by atoms with Gasteiger partial charge < -0.3 is 39.5 Å². The number of piperazine rings is 1. The van der Waals surface area contributed by atoms with Gasteiger partial charge in [-0.25, -0.2) is 0 Å². The minimum Gasteiger partial charge on any atom is -0.494 e. The number of piperidine rings is 1. The Morgan fingerprint density at radius 1 is 0.979 bits per heavy atom. The summed E-state index contributed by atoms with van der Waals surface area (Å²) >= 11 is 0. The number of benzene rings is 2. The maximum absolute atomic E-state index is 13.5. The molecule has 48 heavy (non-hydrogen) atoms. The topological polar surface area (TPSA) is 137 Å². The zero-order chi connectivity index (χ0) is 33.0. The standard InChI is InChI=1S/C34H41N10O3P/c1-42-13-15-43(16-14-42)21-8-12-44-22(17-21)20-47-29-18-26(28(46-2)19-27(29)44)39-34-40-32-23(7-9-37-32)33(41-34)38-25-6-5-24-30(36-11-10-35-24)31(25)48(3,4)45/h5-7,9-11,18-19,21-22H,8,12-17,20H2,1-4H3,(H3,37,38,39,40,41)/t21-,22+/m0/s1. The molecule has 3 aliphatic heterocycles. The van der Waals surface area contributed by atoms with Crippen LogP contribution in [0.25, 0.3) is 22.1 Å². The summed E-state index contributed by atoms with van der Waals surface area (Å²) in [6.07, 6.45) is 7.31. The maximum atomic E-state index is 13.5. The normalized spacial score (nSPS) is 20.3. The maximum Gasteiger partial charge on any atom is 0.231 e. The summed E-state index contributed by atoms with van der Waals surface area (Å²) in [5.41, 5.74) is 4.36. The lowest BCUT2D eigenvalue weighted by molar-refractivity contribution is 0.0822. The van der Waals surface area contributed by atoms with E-state index in [0.717, 1.165) is 62.4 Å². The number of hydrogen-bond acceptors (Lipinski definition) is 12. The van der Waals surface area contributed by atoms with Crippen LogP contribution in [0.4, 0.5) is 28.8 Å². The number of nitrogens with zero attached hydrogens (tertiary/aromatic N) is 7. The van der Waals surface area contributed by atoms with E-state index in [9.17, 15) is 4.57 Å². The van der Waals surface area contributed by atoms with Gasteiger partial charge in [0.1, 0.15) is 42.2 Å². The number of nitrogens with one attached hydrogen (secondary N) is 3. The third-order valence-corrected chi connectivity index (χ3v) is 11.4. The van der Waals surface area contributed by atoms with Crippen LogP contribution in [-0.2, 0) is 4.57 Å². The van der Waals surface area contributed by atoms with Crippen LogP contribution in [-0.4, -0.2) is 114 Å². The number of rotatable bonds is 7. The molecule has 0 bridgehead atoms. The van der Waals surface area contributed by atoms with Gasteiger partial charge in [0.15, 0.2) is 0 Å². The summed E-state index contributed by atoms with van der Waals surface area (Å²) in [6.45, 7) is 9.66. The number of methoxy groups -OCH3 is 1. The molecule has 0 aliphatic carbocycles. The summed E-state index contributed by atoms with van der Waals surface area (Å²) in [5, 5.41) is 8.25. The molecule has 3 aromatic heterocycles. The summed E-state index contributed by atoms with van der Waals surface area (Å²) < 4.78 is 25.9. The van der Waals surface area contributed by atoms with E-state index in [0.29, 0.717) is 69.6 Å². The Morgan fingerprint density at radius 3 is 2.62 bits per heavy atom. The third kappa shape index (κ3) is 5.69. The minimum absolute atomic E-state index is 0.333. The number of aromatic amines is 1. The molecule has 3 N–H and O–H groups in total. The molecular weight excluding hydrogens is 627 g/mol. The fourth-order valence-electron chi connectivity index (χ4n) is 7.37. The van der Waals surface area contributed by atoms with Crippen molar-refractivity contribution in [2.75, 3.05) is 82.4 Å². The Bertz CT molecular complexity index is 2040. The van der Waals surface area contributed by atoms with Gasteiger partial charge in [-0.3, -0.25) is 14.9 Å². The van der Waals surface area contributed by atoms with Gasteiger partial charge in [0, 0.05) is 69.5 Å². The van der Waals surface area contributed by atoms with E-state index in [2.05, 4.69) is 53.4 Å². The first-order valence-corrected chi connectivity index (χ1v) is 19.1. The number of hydrogen-bond donors (Lipinski definition) is 3. The van der Waals surface area contributed by atoms with E-state index in [-0.39, 0.29) is 0 Å². The molecule has 2 fully saturated rings. The molecule has 250 valence electrons. The van der Waals surface area contributed by atoms with E-state index in [1.807, 2.05) is 30.5 Å². The fourth-order valence-corrected chi connectivity index (χ4v) is 8.77. The van der Waals surface area contributed by atoms with Crippen molar-refractivity contribution in [1.82, 2.24) is 34.7 Å². The lowest BCUT2D eigenvalue weighted by Crippen LogP contribution is -2.57. The van der Waals surface area contributed by atoms with Crippen LogP contribution >= 0.6 is 7.14 Å². The number of fused-ring (bicyclic) bond motifs is 5. The van der Waals surface area contributed by atoms with Crippen molar-refractivity contribution >= 4 is 63.3 Å². The van der Waals surface area contributed by atoms with Crippen molar-refractivity contribution in [1.29, 1.82) is 0 Å². The van der Waals surface area contributed by atoms with Gasteiger partial charge in [-0.2, -0.15) is 9.97 Å². The zero-order valence-corrected chi connectivity index (χ0v) is 28.6. The van der Waals surface area contributed by atoms with Gasteiger partial charge >= 0.3 is 0 Å². The Labute approximate surface area is 279 Å². The Morgan fingerprint density at radius 2 is 1.81 bits per heavy atom. The molecule has 0 radical (unpaired) electrons. The van der Waals surface area contributed by atoms with E-state index in [4.69, 9.17) is 19.4 Å². The highest BCUT2D eigenvalue weighted by Crippen LogP contribution is 2.45. The monoisotopic (exact) mass is 668 g/mol. The average molecular weight is 669 g/mol. The molecule has 5 aromatic rings. The molecule has 13 nitrogen and oxygen atoms in total. The summed E-state index contributed by atoms with van der Waals surface area (Å²) in [6, 6.07) is 10.6. The van der Waals surface area contributed by atoms with Crippen LogP contribution < -0.4 is 30.3 Å². The number of aromatic nitrogens is 5. The molecule has 0 saturated carbocycles. The van der Waals surface area contributed by atoms with Gasteiger partial charge in [0.2, 0.25) is 5.95 Å². The van der Waals surface area contributed by atoms with E-state index in [1.165, 1.54) is 0 Å². The lowest BCUT2D eigenvalue weighted by atomic mass is 9.93. The van der Waals surface area contributed by atoms with E-state index in [1.54, 1.807) is 32.8 Å². The molecule has 2 aromatic carbocycles. The Hall–Kier alpha value is -4.45. The van der Waals surface area contributed by atoms with Crippen LogP contribution in [0, 0.1) is 0 Å². The number of likely N-dealkylation sites (N-methyl/N-ethyl adjacent to an activating group) is 1. The number of H-pyrrole nitrogens is 1. The smallest absolute Gasteiger partial charge is 0.231 e. The SMILES string of the molecule is COc1cc2c(cc1Nc1nc(Nc3ccc4nccnc4c3P(C)(C)=O)c3cc[nH]c3n1)OC[C@H]1C[C@@H](N3CCN(C)CC3)CCN21. The first kappa shape index (κ1) is 30.9. The zero-order valence-electron chi connectivity index (χ0n) is 27.7. The Kier molecular flexibility index (Phi) is 7.85. The number of anilines is 5. The molecule has 3 aliphatic rings. The molecule has 0 unspecified atom stereocenters. The van der Waals surface area contributed by atoms with Crippen LogP contribution in [0.5, 0.6) is 11.5 Å². The highest BCUT2D eigenvalue weighted by atomic mass is 31.2. The molecule has 2 saturated heterocycles. The Balaban J connectivity index is 1.08. The van der Waals surface area contributed by atoms with Gasteiger partial charge in [0.05, 0.1) is 46.4 Å². The first-order valence-electron chi connectivity index (χ1n) is 16.5. The average Bonchev–Trinajstić information content (AvgIpc) is 3.56. The van der Waals surface area contributed by atoms with Crippen molar-refractivity contribution < 1.29 is 14.0 Å². The molecule has 6 heterocycles. The highest BCUT2D eigenvalue weighted by Gasteiger charge is 2.37. The van der Waals surface area contributed by atoms with E-state index >= 15 is 0 Å². The van der Waals surface area contributed by atoms with Crippen molar-refractivity contribution in [2.24, 2.45) is 0 Å². The molecule has 2 atom stereocenters. The molecular formula is C34H41N10O3P. The quantitative estimate of drug-likeness (QED) is 0.209. The third-order valence-electron chi connectivity index (χ3n) is 9.83. The number of ether oxygens (including phenoxy) is 2. The summed E-state index contributed by atoms with van der Waals surface area (Å²) in [7, 11) is 1.11. The first-order chi connectivity index (χ1) is 23.2. The summed E-state index contributed by atoms with van der Waals surface area (Å²) in [4.78, 5) is 29.4. The second-order valence-electron chi connectivity index (χ2n) is 13.3. The highest BCUT2D eigenvalue weighted by molar-refractivity contribution is 7.71. The molecule has 0 spiro atoms. The largest absolute Gasteiger partial charge is 0.494 e. The fraction of sp³-hybridized carbons (Fsp3) is 0.412. The van der Waals surface area contributed by atoms with E-state index < -0.39 is 7.14 Å². The molecule has 14 heteroatoms. The van der Waals surface area contributed by atoms with Crippen molar-refractivity contribution in [3.63, 3.8) is 0 Å². The molecule has 8 rings (SSSR count). The predicted octanol–water partition coefficient (Wildman–Crippen LogP) is 4.62. The van der Waals surface area contributed by atoms with Crippen molar-refractivity contribution in [3.8, 4) is 11.5 Å². The second kappa shape index (κ2) is 12.2. The van der Waals surface area contributed by atoms with Crippen LogP contribution in [0.2, 0.25) is 0 Å². The van der Waals surface area contributed by atoms with Gasteiger partial charge in [-0.05, 0) is 51.4 Å². The minimum atomic E-state index is -2.77. The summed E-state index contributed by atoms with van der Waals surface area (Å²) in [5.74, 6) is 2.42. The van der Waals surface area contributed by atoms with Crippen molar-refractivity contribution in [2.45, 2.75) is 24.9 Å². The van der Waals surface area contributed by atoms with Gasteiger partial charge in [0.25, 0.3) is 0 Å². The van der Waals surface area contributed by atoms with Crippen LogP contribution in [0.3, 0.4) is 0 Å². The van der Waals surface area contributed by atoms with Gasteiger partial charge in [-0.1, -0.05) is 0 Å². The molecule has 0 amide bonds. The lowest BCUT2D eigenvalue weighted by Gasteiger charge is -2.48. The van der Waals surface area contributed by atoms with Crippen molar-refractivity contribution in [3.05, 3.63) is 48.9 Å². The van der Waals surface area contributed by atoms with Gasteiger partial charge in [-0.15, -0.1) is 0 Å². The second-order valence-corrected chi connectivity index (χ2v) is 16.5.